The van der Waals surface area contributed by atoms with Crippen LogP contribution in [-0.4, -0.2) is 62.2 Å². The zero-order valence-electron chi connectivity index (χ0n) is 38.7. The lowest BCUT2D eigenvalue weighted by Gasteiger charge is -2.10. The summed E-state index contributed by atoms with van der Waals surface area (Å²) in [6, 6.07) is 26.5. The molecule has 0 atom stereocenters. The van der Waals surface area contributed by atoms with E-state index in [2.05, 4.69) is 69.9 Å². The van der Waals surface area contributed by atoms with Crippen molar-refractivity contribution in [3.63, 3.8) is 0 Å². The first-order valence-electron chi connectivity index (χ1n) is 22.5. The van der Waals surface area contributed by atoms with Gasteiger partial charge in [-0.05, 0) is 88.1 Å². The number of fused-ring (bicyclic) bond motifs is 2. The first-order valence-corrected chi connectivity index (χ1v) is 24.2. The number of unbranched alkanes of at least 4 members (excludes halogenated alkanes) is 2. The van der Waals surface area contributed by atoms with Crippen molar-refractivity contribution < 1.29 is 38.1 Å². The van der Waals surface area contributed by atoms with Crippen LogP contribution in [0.1, 0.15) is 124 Å². The van der Waals surface area contributed by atoms with Crippen molar-refractivity contribution in [3.05, 3.63) is 118 Å². The quantitative estimate of drug-likeness (QED) is 0.0345. The second-order valence-electron chi connectivity index (χ2n) is 15.1. The van der Waals surface area contributed by atoms with Crippen LogP contribution in [0.15, 0.2) is 106 Å². The fourth-order valence-electron chi connectivity index (χ4n) is 6.94. The van der Waals surface area contributed by atoms with E-state index in [0.717, 1.165) is 71.8 Å². The second kappa shape index (κ2) is 26.5. The molecule has 2 aromatic heterocycles. The van der Waals surface area contributed by atoms with Gasteiger partial charge in [-0.1, -0.05) is 63.1 Å². The number of Topliss-reactive ketones (excluding diaryl/α,β-unsaturated/α-hetero) is 2. The number of methoxy groups -OCH3 is 2. The average Bonchev–Trinajstić information content (AvgIpc) is 3.98. The van der Waals surface area contributed by atoms with Crippen LogP contribution in [0.4, 0.5) is 0 Å². The van der Waals surface area contributed by atoms with E-state index in [-0.39, 0.29) is 49.1 Å². The molecule has 0 bridgehead atoms. The Labute approximate surface area is 395 Å². The second-order valence-corrected chi connectivity index (χ2v) is 17.0. The van der Waals surface area contributed by atoms with E-state index in [0.29, 0.717) is 47.3 Å². The fraction of sp³-hybridized carbons (Fsp3) is 0.346. The van der Waals surface area contributed by atoms with Gasteiger partial charge in [0.1, 0.15) is 0 Å². The summed E-state index contributed by atoms with van der Waals surface area (Å²) in [4.78, 5) is 50.1. The summed E-state index contributed by atoms with van der Waals surface area (Å²) in [7, 11) is 3.11. The SMILES string of the molecule is CCCC/C(=N/NC(=O)CCC(=O)c1ccc(OC)c(OCC)c1)c1csc2ccccc12.CCCC/C(=N\NC(=O)CCC(=O)c1ccc(OC)c(OCC)c1)c1csc2ccccc12. The zero-order valence-corrected chi connectivity index (χ0v) is 40.3. The zero-order chi connectivity index (χ0) is 47.3. The lowest BCUT2D eigenvalue weighted by molar-refractivity contribution is -0.121. The van der Waals surface area contributed by atoms with E-state index in [9.17, 15) is 19.2 Å². The number of carbonyl (C=O) groups excluding carboxylic acids is 4. The number of benzene rings is 4. The third-order valence-corrected chi connectivity index (χ3v) is 12.4. The summed E-state index contributed by atoms with van der Waals surface area (Å²) >= 11 is 3.34. The van der Waals surface area contributed by atoms with Gasteiger partial charge in [0.25, 0.3) is 0 Å². The molecule has 6 rings (SSSR count). The summed E-state index contributed by atoms with van der Waals surface area (Å²) < 4.78 is 24.0. The maximum absolute atomic E-state index is 12.6. The van der Waals surface area contributed by atoms with Gasteiger partial charge < -0.3 is 18.9 Å². The minimum atomic E-state index is -0.282. The average molecular weight is 933 g/mol. The number of hydrazone groups is 2. The molecule has 0 spiro atoms. The number of nitrogens with one attached hydrogen (secondary N) is 2. The predicted molar refractivity (Wildman–Crippen MR) is 268 cm³/mol. The molecule has 14 heteroatoms. The molecule has 4 aromatic carbocycles. The van der Waals surface area contributed by atoms with Gasteiger partial charge in [-0.3, -0.25) is 19.2 Å². The summed E-state index contributed by atoms with van der Waals surface area (Å²) in [6.07, 6.45) is 5.90. The molecule has 0 radical (unpaired) electrons. The van der Waals surface area contributed by atoms with E-state index in [4.69, 9.17) is 18.9 Å². The van der Waals surface area contributed by atoms with Gasteiger partial charge in [0.15, 0.2) is 34.6 Å². The number of hydrogen-bond donors (Lipinski definition) is 2. The van der Waals surface area contributed by atoms with Crippen LogP contribution in [0, 0.1) is 0 Å². The summed E-state index contributed by atoms with van der Waals surface area (Å²) in [5, 5.41) is 15.4. The van der Waals surface area contributed by atoms with Crippen molar-refractivity contribution in [2.45, 2.75) is 91.9 Å². The number of amides is 2. The number of nitrogens with zero attached hydrogens (tertiary/aromatic N) is 2. The Morgan fingerprint density at radius 2 is 0.924 bits per heavy atom. The summed E-state index contributed by atoms with van der Waals surface area (Å²) in [5.41, 5.74) is 10.1. The van der Waals surface area contributed by atoms with Crippen LogP contribution >= 0.6 is 22.7 Å². The van der Waals surface area contributed by atoms with Gasteiger partial charge in [0, 0.05) is 78.9 Å². The molecular weight excluding hydrogens is 873 g/mol. The van der Waals surface area contributed by atoms with Crippen LogP contribution in [0.3, 0.4) is 0 Å². The van der Waals surface area contributed by atoms with E-state index in [1.54, 1.807) is 73.3 Å². The van der Waals surface area contributed by atoms with Gasteiger partial charge >= 0.3 is 0 Å². The van der Waals surface area contributed by atoms with Crippen LogP contribution < -0.4 is 29.8 Å². The summed E-state index contributed by atoms with van der Waals surface area (Å²) in [5.74, 6) is 1.35. The van der Waals surface area contributed by atoms with Crippen molar-refractivity contribution in [1.29, 1.82) is 0 Å². The van der Waals surface area contributed by atoms with E-state index < -0.39 is 0 Å². The van der Waals surface area contributed by atoms with Gasteiger partial charge in [-0.15, -0.1) is 22.7 Å². The van der Waals surface area contributed by atoms with Gasteiger partial charge in [0.2, 0.25) is 11.8 Å². The third-order valence-electron chi connectivity index (χ3n) is 10.5. The Kier molecular flexibility index (Phi) is 20.4. The standard InChI is InChI=1S/2C26H30N2O4S/c2*1-4-6-10-21(20-17-33-25-11-8-7-9-19(20)25)27-28-26(30)15-13-22(29)18-12-14-23(31-3)24(16-18)32-5-2/h2*7-9,11-12,14,16-17H,4-6,10,13,15H2,1-3H3,(H,28,30)/b27-21+;27-21-. The molecule has 0 saturated heterocycles. The predicted octanol–water partition coefficient (Wildman–Crippen LogP) is 12.0. The Morgan fingerprint density at radius 3 is 1.30 bits per heavy atom. The van der Waals surface area contributed by atoms with Crippen LogP contribution in [-0.2, 0) is 9.59 Å². The minimum Gasteiger partial charge on any atom is -0.493 e. The monoisotopic (exact) mass is 932 g/mol. The van der Waals surface area contributed by atoms with Gasteiger partial charge in [-0.2, -0.15) is 10.2 Å². The molecule has 12 nitrogen and oxygen atoms in total. The highest BCUT2D eigenvalue weighted by molar-refractivity contribution is 7.18. The van der Waals surface area contributed by atoms with Crippen molar-refractivity contribution in [1.82, 2.24) is 10.9 Å². The lowest BCUT2D eigenvalue weighted by Crippen LogP contribution is -2.21. The maximum atomic E-state index is 12.6. The molecule has 0 aliphatic heterocycles. The van der Waals surface area contributed by atoms with Crippen molar-refractivity contribution in [2.75, 3.05) is 27.4 Å². The maximum Gasteiger partial charge on any atom is 0.240 e. The van der Waals surface area contributed by atoms with E-state index in [1.807, 2.05) is 38.1 Å². The van der Waals surface area contributed by atoms with E-state index in [1.165, 1.54) is 9.40 Å². The molecule has 0 saturated carbocycles. The Bertz CT molecular complexity index is 2450. The molecule has 66 heavy (non-hydrogen) atoms. The minimum absolute atomic E-state index is 0.0593. The fourth-order valence-corrected chi connectivity index (χ4v) is 8.88. The highest BCUT2D eigenvalue weighted by atomic mass is 32.1. The molecule has 348 valence electrons. The molecule has 0 fully saturated rings. The largest absolute Gasteiger partial charge is 0.493 e. The molecule has 0 aliphatic carbocycles. The Hall–Kier alpha value is -6.38. The number of carbonyl (C=O) groups is 4. The van der Waals surface area contributed by atoms with Crippen LogP contribution in [0.5, 0.6) is 23.0 Å². The first kappa shape index (κ1) is 50.6. The van der Waals surface area contributed by atoms with Crippen molar-refractivity contribution in [2.24, 2.45) is 10.2 Å². The molecular formula is C52H60N4O8S2. The first-order chi connectivity index (χ1) is 32.1. The topological polar surface area (TPSA) is 154 Å². The smallest absolute Gasteiger partial charge is 0.240 e. The molecule has 2 heterocycles. The summed E-state index contributed by atoms with van der Waals surface area (Å²) in [6.45, 7) is 8.93. The van der Waals surface area contributed by atoms with Crippen molar-refractivity contribution in [3.8, 4) is 23.0 Å². The molecule has 2 N–H and O–H groups in total. The number of ketones is 2. The van der Waals surface area contributed by atoms with Crippen LogP contribution in [0.25, 0.3) is 20.2 Å². The number of hydrogen-bond acceptors (Lipinski definition) is 12. The van der Waals surface area contributed by atoms with Crippen LogP contribution in [0.2, 0.25) is 0 Å². The highest BCUT2D eigenvalue weighted by Crippen LogP contribution is 2.31. The van der Waals surface area contributed by atoms with E-state index >= 15 is 0 Å². The molecule has 0 aliphatic rings. The third kappa shape index (κ3) is 14.3. The van der Waals surface area contributed by atoms with Gasteiger partial charge in [-0.25, -0.2) is 10.9 Å². The Morgan fingerprint density at radius 1 is 0.515 bits per heavy atom. The Balaban J connectivity index is 0.000000247. The lowest BCUT2D eigenvalue weighted by atomic mass is 10.0. The number of ether oxygens (including phenoxy) is 4. The van der Waals surface area contributed by atoms with Gasteiger partial charge in [0.05, 0.1) is 38.9 Å². The number of thiophene rings is 2. The van der Waals surface area contributed by atoms with Crippen molar-refractivity contribution >= 4 is 77.7 Å². The molecule has 0 unspecified atom stereocenters. The normalized spacial score (nSPS) is 11.4. The highest BCUT2D eigenvalue weighted by Gasteiger charge is 2.17. The molecule has 6 aromatic rings. The number of rotatable bonds is 24. The molecule has 2 amide bonds.